The van der Waals surface area contributed by atoms with Crippen LogP contribution in [0.5, 0.6) is 0 Å². The number of halogens is 2. The zero-order valence-electron chi connectivity index (χ0n) is 10.7. The van der Waals surface area contributed by atoms with Crippen molar-refractivity contribution in [1.82, 2.24) is 4.98 Å². The SMILES string of the molecule is O=C(c1ccccc1)c1nc(-c2ccc(F)cc2F)cs1. The molecule has 1 heterocycles. The summed E-state index contributed by atoms with van der Waals surface area (Å²) in [5, 5.41) is 1.87. The first-order valence-corrected chi connectivity index (χ1v) is 7.04. The van der Waals surface area contributed by atoms with E-state index >= 15 is 0 Å². The number of hydrogen-bond acceptors (Lipinski definition) is 3. The Morgan fingerprint density at radius 1 is 1.05 bits per heavy atom. The van der Waals surface area contributed by atoms with E-state index in [1.165, 1.54) is 6.07 Å². The van der Waals surface area contributed by atoms with Crippen LogP contribution in [0.15, 0.2) is 53.9 Å². The summed E-state index contributed by atoms with van der Waals surface area (Å²) in [6.45, 7) is 0. The maximum absolute atomic E-state index is 13.7. The van der Waals surface area contributed by atoms with E-state index in [0.29, 0.717) is 11.3 Å². The molecule has 104 valence electrons. The second kappa shape index (κ2) is 5.54. The van der Waals surface area contributed by atoms with Crippen LogP contribution in [0.3, 0.4) is 0 Å². The number of ketones is 1. The minimum absolute atomic E-state index is 0.180. The van der Waals surface area contributed by atoms with Gasteiger partial charge in [-0.05, 0) is 12.1 Å². The van der Waals surface area contributed by atoms with E-state index in [0.717, 1.165) is 23.5 Å². The Balaban J connectivity index is 1.95. The molecule has 2 aromatic carbocycles. The van der Waals surface area contributed by atoms with Crippen LogP contribution < -0.4 is 0 Å². The fourth-order valence-electron chi connectivity index (χ4n) is 1.91. The third kappa shape index (κ3) is 2.73. The molecular weight excluding hydrogens is 292 g/mol. The molecule has 21 heavy (non-hydrogen) atoms. The maximum Gasteiger partial charge on any atom is 0.221 e. The van der Waals surface area contributed by atoms with Gasteiger partial charge in [0.2, 0.25) is 5.78 Å². The lowest BCUT2D eigenvalue weighted by Crippen LogP contribution is -2.00. The molecule has 0 N–H and O–H groups in total. The molecule has 0 aliphatic heterocycles. The predicted molar refractivity (Wildman–Crippen MR) is 77.3 cm³/mol. The lowest BCUT2D eigenvalue weighted by atomic mass is 10.1. The van der Waals surface area contributed by atoms with Gasteiger partial charge >= 0.3 is 0 Å². The summed E-state index contributed by atoms with van der Waals surface area (Å²) in [6.07, 6.45) is 0. The molecule has 3 rings (SSSR count). The molecule has 2 nitrogen and oxygen atoms in total. The fourth-order valence-corrected chi connectivity index (χ4v) is 2.69. The molecule has 0 amide bonds. The van der Waals surface area contributed by atoms with E-state index in [1.807, 2.05) is 6.07 Å². The Labute approximate surface area is 123 Å². The third-order valence-corrected chi connectivity index (χ3v) is 3.78. The Morgan fingerprint density at radius 3 is 2.52 bits per heavy atom. The van der Waals surface area contributed by atoms with Crippen LogP contribution in [-0.4, -0.2) is 10.8 Å². The van der Waals surface area contributed by atoms with E-state index in [1.54, 1.807) is 29.6 Å². The highest BCUT2D eigenvalue weighted by Crippen LogP contribution is 2.26. The molecule has 0 saturated carbocycles. The monoisotopic (exact) mass is 301 g/mol. The van der Waals surface area contributed by atoms with E-state index in [-0.39, 0.29) is 16.4 Å². The van der Waals surface area contributed by atoms with Crippen molar-refractivity contribution in [3.8, 4) is 11.3 Å². The van der Waals surface area contributed by atoms with Gasteiger partial charge in [-0.1, -0.05) is 30.3 Å². The summed E-state index contributed by atoms with van der Waals surface area (Å²) < 4.78 is 26.6. The van der Waals surface area contributed by atoms with Gasteiger partial charge in [0.05, 0.1) is 5.69 Å². The average molecular weight is 301 g/mol. The van der Waals surface area contributed by atoms with Crippen LogP contribution in [0.4, 0.5) is 8.78 Å². The van der Waals surface area contributed by atoms with Gasteiger partial charge in [-0.15, -0.1) is 11.3 Å². The van der Waals surface area contributed by atoms with Crippen molar-refractivity contribution in [1.29, 1.82) is 0 Å². The summed E-state index contributed by atoms with van der Waals surface area (Å²) >= 11 is 1.14. The van der Waals surface area contributed by atoms with Gasteiger partial charge in [0.25, 0.3) is 0 Å². The Kier molecular flexibility index (Phi) is 3.58. The molecule has 1 aromatic heterocycles. The molecule has 3 aromatic rings. The highest BCUT2D eigenvalue weighted by atomic mass is 32.1. The predicted octanol–water partition coefficient (Wildman–Crippen LogP) is 4.32. The van der Waals surface area contributed by atoms with Crippen LogP contribution in [-0.2, 0) is 0 Å². The van der Waals surface area contributed by atoms with Gasteiger partial charge in [-0.2, -0.15) is 0 Å². The zero-order valence-corrected chi connectivity index (χ0v) is 11.5. The number of carbonyl (C=O) groups excluding carboxylic acids is 1. The van der Waals surface area contributed by atoms with Crippen LogP contribution in [0.1, 0.15) is 15.4 Å². The maximum atomic E-state index is 13.7. The van der Waals surface area contributed by atoms with Crippen molar-refractivity contribution in [3.63, 3.8) is 0 Å². The van der Waals surface area contributed by atoms with Crippen molar-refractivity contribution in [2.45, 2.75) is 0 Å². The van der Waals surface area contributed by atoms with E-state index in [9.17, 15) is 13.6 Å². The minimum Gasteiger partial charge on any atom is -0.286 e. The van der Waals surface area contributed by atoms with Crippen LogP contribution in [0.25, 0.3) is 11.3 Å². The molecule has 0 spiro atoms. The fraction of sp³-hybridized carbons (Fsp3) is 0. The normalized spacial score (nSPS) is 10.6. The van der Waals surface area contributed by atoms with Gasteiger partial charge in [0.1, 0.15) is 11.6 Å². The van der Waals surface area contributed by atoms with Crippen molar-refractivity contribution < 1.29 is 13.6 Å². The molecular formula is C16H9F2NOS. The molecule has 5 heteroatoms. The zero-order chi connectivity index (χ0) is 14.8. The number of rotatable bonds is 3. The first-order chi connectivity index (χ1) is 10.1. The lowest BCUT2D eigenvalue weighted by molar-refractivity contribution is 0.103. The standard InChI is InChI=1S/C16H9F2NOS/c17-11-6-7-12(13(18)8-11)14-9-21-16(19-14)15(20)10-4-2-1-3-5-10/h1-9H. The number of hydrogen-bond donors (Lipinski definition) is 0. The number of nitrogens with zero attached hydrogens (tertiary/aromatic N) is 1. The molecule has 0 bridgehead atoms. The summed E-state index contributed by atoms with van der Waals surface area (Å²) in [5.74, 6) is -1.56. The lowest BCUT2D eigenvalue weighted by Gasteiger charge is -1.99. The number of aromatic nitrogens is 1. The summed E-state index contributed by atoms with van der Waals surface area (Å²) in [5.41, 5.74) is 1.04. The minimum atomic E-state index is -0.695. The summed E-state index contributed by atoms with van der Waals surface area (Å²) in [7, 11) is 0. The molecule has 0 aliphatic rings. The van der Waals surface area contributed by atoms with Crippen LogP contribution in [0, 0.1) is 11.6 Å². The van der Waals surface area contributed by atoms with Gasteiger partial charge in [-0.3, -0.25) is 4.79 Å². The highest BCUT2D eigenvalue weighted by molar-refractivity contribution is 7.12. The third-order valence-electron chi connectivity index (χ3n) is 2.94. The molecule has 0 fully saturated rings. The van der Waals surface area contributed by atoms with Crippen molar-refractivity contribution in [3.05, 3.63) is 76.1 Å². The van der Waals surface area contributed by atoms with E-state index in [4.69, 9.17) is 0 Å². The van der Waals surface area contributed by atoms with E-state index in [2.05, 4.69) is 4.98 Å². The molecule has 0 atom stereocenters. The molecule has 0 unspecified atom stereocenters. The van der Waals surface area contributed by atoms with Gasteiger partial charge in [0, 0.05) is 22.6 Å². The molecule has 0 saturated heterocycles. The Bertz CT molecular complexity index is 799. The quantitative estimate of drug-likeness (QED) is 0.674. The van der Waals surface area contributed by atoms with Crippen molar-refractivity contribution in [2.24, 2.45) is 0 Å². The Hall–Kier alpha value is -2.40. The van der Waals surface area contributed by atoms with Gasteiger partial charge < -0.3 is 0 Å². The first kappa shape index (κ1) is 13.6. The largest absolute Gasteiger partial charge is 0.286 e. The topological polar surface area (TPSA) is 30.0 Å². The average Bonchev–Trinajstić information content (AvgIpc) is 2.97. The Morgan fingerprint density at radius 2 is 1.81 bits per heavy atom. The van der Waals surface area contributed by atoms with Crippen LogP contribution >= 0.6 is 11.3 Å². The highest BCUT2D eigenvalue weighted by Gasteiger charge is 2.16. The first-order valence-electron chi connectivity index (χ1n) is 6.16. The van der Waals surface area contributed by atoms with E-state index < -0.39 is 11.6 Å². The summed E-state index contributed by atoms with van der Waals surface area (Å²) in [6, 6.07) is 12.0. The van der Waals surface area contributed by atoms with Crippen molar-refractivity contribution in [2.75, 3.05) is 0 Å². The number of carbonyl (C=O) groups is 1. The van der Waals surface area contributed by atoms with Crippen molar-refractivity contribution >= 4 is 17.1 Å². The second-order valence-electron chi connectivity index (χ2n) is 4.36. The van der Waals surface area contributed by atoms with Gasteiger partial charge in [-0.25, -0.2) is 13.8 Å². The molecule has 0 radical (unpaired) electrons. The number of benzene rings is 2. The number of thiazole rings is 1. The summed E-state index contributed by atoms with van der Waals surface area (Å²) in [4.78, 5) is 16.4. The van der Waals surface area contributed by atoms with Crippen LogP contribution in [0.2, 0.25) is 0 Å². The second-order valence-corrected chi connectivity index (χ2v) is 5.22. The smallest absolute Gasteiger partial charge is 0.221 e. The molecule has 0 aliphatic carbocycles. The van der Waals surface area contributed by atoms with Gasteiger partial charge in [0.15, 0.2) is 5.01 Å².